The molecule has 2 N–H and O–H groups in total. The summed E-state index contributed by atoms with van der Waals surface area (Å²) >= 11 is 0. The van der Waals surface area contributed by atoms with Gasteiger partial charge in [0.1, 0.15) is 0 Å². The zero-order valence-electron chi connectivity index (χ0n) is 8.84. The van der Waals surface area contributed by atoms with Crippen LogP contribution in [0, 0.1) is 0 Å². The van der Waals surface area contributed by atoms with E-state index in [-0.39, 0.29) is 5.60 Å². The van der Waals surface area contributed by atoms with E-state index in [0.717, 1.165) is 38.9 Å². The molecule has 0 amide bonds. The smallest absolute Gasteiger partial charge is 0.0771 e. The molecule has 78 valence electrons. The maximum absolute atomic E-state index is 9.75. The standard InChI is InChI=1S/C10H22N2O/c1-12(2)8-4-7-11-9-10(13)5-3-6-10/h11,13H,3-9H2,1-2H3. The molecule has 13 heavy (non-hydrogen) atoms. The highest BCUT2D eigenvalue weighted by molar-refractivity contribution is 4.89. The van der Waals surface area contributed by atoms with Crippen LogP contribution in [0.3, 0.4) is 0 Å². The van der Waals surface area contributed by atoms with Crippen LogP contribution in [0.5, 0.6) is 0 Å². The van der Waals surface area contributed by atoms with Crippen molar-refractivity contribution in [3.63, 3.8) is 0 Å². The lowest BCUT2D eigenvalue weighted by molar-refractivity contribution is -0.0311. The van der Waals surface area contributed by atoms with Gasteiger partial charge in [-0.05, 0) is 52.9 Å². The Kier molecular flexibility index (Phi) is 4.16. The van der Waals surface area contributed by atoms with Crippen LogP contribution in [0.15, 0.2) is 0 Å². The monoisotopic (exact) mass is 186 g/mol. The van der Waals surface area contributed by atoms with Gasteiger partial charge in [-0.1, -0.05) is 0 Å². The van der Waals surface area contributed by atoms with Crippen LogP contribution < -0.4 is 5.32 Å². The second-order valence-corrected chi connectivity index (χ2v) is 4.41. The predicted octanol–water partition coefficient (Wildman–Crippen LogP) is 0.443. The van der Waals surface area contributed by atoms with Crippen molar-refractivity contribution in [2.45, 2.75) is 31.3 Å². The molecule has 0 aromatic heterocycles. The van der Waals surface area contributed by atoms with Crippen LogP contribution in [0.2, 0.25) is 0 Å². The summed E-state index contributed by atoms with van der Waals surface area (Å²) in [5.74, 6) is 0. The van der Waals surface area contributed by atoms with Gasteiger partial charge in [0.15, 0.2) is 0 Å². The molecule has 0 unspecified atom stereocenters. The van der Waals surface area contributed by atoms with Gasteiger partial charge in [-0.3, -0.25) is 0 Å². The summed E-state index contributed by atoms with van der Waals surface area (Å²) in [5, 5.41) is 13.1. The first-order valence-electron chi connectivity index (χ1n) is 5.20. The van der Waals surface area contributed by atoms with Crippen LogP contribution in [0.25, 0.3) is 0 Å². The lowest BCUT2D eigenvalue weighted by Crippen LogP contribution is -2.46. The van der Waals surface area contributed by atoms with Crippen LogP contribution in [-0.2, 0) is 0 Å². The minimum atomic E-state index is -0.363. The van der Waals surface area contributed by atoms with E-state index in [2.05, 4.69) is 24.3 Å². The zero-order valence-corrected chi connectivity index (χ0v) is 8.84. The number of aliphatic hydroxyl groups is 1. The van der Waals surface area contributed by atoms with Crippen molar-refractivity contribution in [3.8, 4) is 0 Å². The van der Waals surface area contributed by atoms with Crippen LogP contribution in [-0.4, -0.2) is 49.3 Å². The number of hydrogen-bond acceptors (Lipinski definition) is 3. The van der Waals surface area contributed by atoms with Gasteiger partial charge in [0.25, 0.3) is 0 Å². The Morgan fingerprint density at radius 1 is 1.38 bits per heavy atom. The van der Waals surface area contributed by atoms with Crippen LogP contribution in [0.1, 0.15) is 25.7 Å². The van der Waals surface area contributed by atoms with E-state index in [1.165, 1.54) is 6.42 Å². The van der Waals surface area contributed by atoms with Crippen molar-refractivity contribution >= 4 is 0 Å². The van der Waals surface area contributed by atoms with E-state index in [4.69, 9.17) is 0 Å². The molecule has 0 aliphatic heterocycles. The molecule has 0 atom stereocenters. The first-order valence-corrected chi connectivity index (χ1v) is 5.20. The largest absolute Gasteiger partial charge is 0.389 e. The van der Waals surface area contributed by atoms with E-state index < -0.39 is 0 Å². The fraction of sp³-hybridized carbons (Fsp3) is 1.00. The topological polar surface area (TPSA) is 35.5 Å². The third kappa shape index (κ3) is 4.07. The molecular weight excluding hydrogens is 164 g/mol. The van der Waals surface area contributed by atoms with Gasteiger partial charge in [-0.15, -0.1) is 0 Å². The summed E-state index contributed by atoms with van der Waals surface area (Å²) in [6.45, 7) is 2.91. The van der Waals surface area contributed by atoms with E-state index in [0.29, 0.717) is 0 Å². The zero-order chi connectivity index (χ0) is 9.73. The third-order valence-corrected chi connectivity index (χ3v) is 2.70. The van der Waals surface area contributed by atoms with Crippen molar-refractivity contribution in [1.29, 1.82) is 0 Å². The molecule has 0 aromatic rings. The lowest BCUT2D eigenvalue weighted by Gasteiger charge is -2.36. The number of hydrogen-bond donors (Lipinski definition) is 2. The SMILES string of the molecule is CN(C)CCCNCC1(O)CCC1. The molecule has 1 saturated carbocycles. The van der Waals surface area contributed by atoms with E-state index in [9.17, 15) is 5.11 Å². The quantitative estimate of drug-likeness (QED) is 0.591. The summed E-state index contributed by atoms with van der Waals surface area (Å²) in [6, 6.07) is 0. The second kappa shape index (κ2) is 4.94. The van der Waals surface area contributed by atoms with Gasteiger partial charge in [-0.25, -0.2) is 0 Å². The molecule has 1 aliphatic rings. The average molecular weight is 186 g/mol. The highest BCUT2D eigenvalue weighted by atomic mass is 16.3. The minimum absolute atomic E-state index is 0.363. The summed E-state index contributed by atoms with van der Waals surface area (Å²) < 4.78 is 0. The van der Waals surface area contributed by atoms with Crippen molar-refractivity contribution in [2.24, 2.45) is 0 Å². The number of nitrogens with one attached hydrogen (secondary N) is 1. The van der Waals surface area contributed by atoms with Gasteiger partial charge in [0.2, 0.25) is 0 Å². The minimum Gasteiger partial charge on any atom is -0.389 e. The van der Waals surface area contributed by atoms with Crippen molar-refractivity contribution in [1.82, 2.24) is 10.2 Å². The fourth-order valence-corrected chi connectivity index (χ4v) is 1.60. The predicted molar refractivity (Wildman–Crippen MR) is 54.8 cm³/mol. The van der Waals surface area contributed by atoms with Crippen molar-refractivity contribution < 1.29 is 5.11 Å². The molecule has 3 nitrogen and oxygen atoms in total. The highest BCUT2D eigenvalue weighted by Crippen LogP contribution is 2.30. The van der Waals surface area contributed by atoms with Crippen LogP contribution >= 0.6 is 0 Å². The highest BCUT2D eigenvalue weighted by Gasteiger charge is 2.33. The maximum atomic E-state index is 9.75. The Morgan fingerprint density at radius 2 is 2.08 bits per heavy atom. The van der Waals surface area contributed by atoms with Gasteiger partial charge >= 0.3 is 0 Å². The molecule has 0 aromatic carbocycles. The Labute approximate surface area is 81.1 Å². The van der Waals surface area contributed by atoms with E-state index >= 15 is 0 Å². The molecular formula is C10H22N2O. The molecule has 0 saturated heterocycles. The van der Waals surface area contributed by atoms with Crippen molar-refractivity contribution in [2.75, 3.05) is 33.7 Å². The second-order valence-electron chi connectivity index (χ2n) is 4.41. The Hall–Kier alpha value is -0.120. The molecule has 0 spiro atoms. The van der Waals surface area contributed by atoms with Crippen LogP contribution in [0.4, 0.5) is 0 Å². The molecule has 3 heteroatoms. The summed E-state index contributed by atoms with van der Waals surface area (Å²) in [5.41, 5.74) is -0.363. The number of nitrogens with zero attached hydrogens (tertiary/aromatic N) is 1. The lowest BCUT2D eigenvalue weighted by atomic mass is 9.80. The first kappa shape index (κ1) is 11.0. The summed E-state index contributed by atoms with van der Waals surface area (Å²) in [4.78, 5) is 2.18. The molecule has 0 bridgehead atoms. The fourth-order valence-electron chi connectivity index (χ4n) is 1.60. The molecule has 0 heterocycles. The van der Waals surface area contributed by atoms with Gasteiger partial charge in [-0.2, -0.15) is 0 Å². The third-order valence-electron chi connectivity index (χ3n) is 2.70. The summed E-state index contributed by atoms with van der Waals surface area (Å²) in [7, 11) is 4.17. The first-order chi connectivity index (χ1) is 6.12. The molecule has 0 radical (unpaired) electrons. The summed E-state index contributed by atoms with van der Waals surface area (Å²) in [6.07, 6.45) is 4.31. The van der Waals surface area contributed by atoms with Crippen molar-refractivity contribution in [3.05, 3.63) is 0 Å². The average Bonchev–Trinajstić information content (AvgIpc) is 2.00. The maximum Gasteiger partial charge on any atom is 0.0771 e. The molecule has 1 rings (SSSR count). The Bertz CT molecular complexity index is 144. The number of rotatable bonds is 6. The van der Waals surface area contributed by atoms with Gasteiger partial charge in [0.05, 0.1) is 5.60 Å². The van der Waals surface area contributed by atoms with Gasteiger partial charge < -0.3 is 15.3 Å². The van der Waals surface area contributed by atoms with E-state index in [1.807, 2.05) is 0 Å². The molecule has 1 fully saturated rings. The Balaban J connectivity index is 1.89. The van der Waals surface area contributed by atoms with E-state index in [1.54, 1.807) is 0 Å². The Morgan fingerprint density at radius 3 is 2.54 bits per heavy atom. The molecule has 1 aliphatic carbocycles. The van der Waals surface area contributed by atoms with Gasteiger partial charge in [0, 0.05) is 6.54 Å². The normalized spacial score (nSPS) is 20.3.